The van der Waals surface area contributed by atoms with Crippen LogP contribution < -0.4 is 10.6 Å². The van der Waals surface area contributed by atoms with Gasteiger partial charge in [-0.15, -0.1) is 35.3 Å². The van der Waals surface area contributed by atoms with Crippen LogP contribution in [0.25, 0.3) is 0 Å². The summed E-state index contributed by atoms with van der Waals surface area (Å²) < 4.78 is 37.9. The van der Waals surface area contributed by atoms with Gasteiger partial charge in [0.15, 0.2) is 11.7 Å². The molecule has 2 rings (SSSR count). The van der Waals surface area contributed by atoms with Gasteiger partial charge >= 0.3 is 6.18 Å². The van der Waals surface area contributed by atoms with Gasteiger partial charge < -0.3 is 15.5 Å². The first-order valence-electron chi connectivity index (χ1n) is 8.52. The number of nitrogens with zero attached hydrogens (tertiary/aromatic N) is 3. The summed E-state index contributed by atoms with van der Waals surface area (Å²) in [5.74, 6) is 0.277. The van der Waals surface area contributed by atoms with Gasteiger partial charge in [-0.25, -0.2) is 9.98 Å². The van der Waals surface area contributed by atoms with Crippen molar-refractivity contribution in [2.24, 2.45) is 4.99 Å². The molecule has 1 fully saturated rings. The van der Waals surface area contributed by atoms with Crippen LogP contribution >= 0.6 is 35.3 Å². The Morgan fingerprint density at radius 1 is 1.33 bits per heavy atom. The molecule has 1 heterocycles. The monoisotopic (exact) mass is 519 g/mol. The van der Waals surface area contributed by atoms with E-state index in [1.807, 2.05) is 0 Å². The number of carbonyl (C=O) groups is 1. The standard InChI is InChI=1S/C16H24F3N5OS.HI/c1-24(2)14(25)9-21-15(22-11-6-4-3-5-7-11)20-8-13-23-12(10-26-13)16(17,18)19;/h10-11H,3-9H2,1-2H3,(H2,20,21,22);1H. The van der Waals surface area contributed by atoms with E-state index in [1.165, 1.54) is 11.3 Å². The zero-order valence-electron chi connectivity index (χ0n) is 15.3. The van der Waals surface area contributed by atoms with Crippen LogP contribution in [0.4, 0.5) is 13.2 Å². The lowest BCUT2D eigenvalue weighted by Crippen LogP contribution is -2.44. The number of likely N-dealkylation sites (N-methyl/N-ethyl adjacent to an activating group) is 1. The third-order valence-corrected chi connectivity index (χ3v) is 4.92. The van der Waals surface area contributed by atoms with Gasteiger partial charge in [0.05, 0.1) is 6.54 Å². The van der Waals surface area contributed by atoms with Crippen molar-refractivity contribution < 1.29 is 18.0 Å². The molecule has 0 unspecified atom stereocenters. The van der Waals surface area contributed by atoms with Crippen LogP contribution in [0.2, 0.25) is 0 Å². The van der Waals surface area contributed by atoms with Gasteiger partial charge in [0, 0.05) is 25.5 Å². The minimum Gasteiger partial charge on any atom is -0.354 e. The van der Waals surface area contributed by atoms with Crippen LogP contribution in [0.1, 0.15) is 42.8 Å². The molecule has 0 radical (unpaired) electrons. The molecule has 6 nitrogen and oxygen atoms in total. The summed E-state index contributed by atoms with van der Waals surface area (Å²) in [6.45, 7) is 0.0934. The molecular weight excluding hydrogens is 494 g/mol. The van der Waals surface area contributed by atoms with Gasteiger partial charge in [0.25, 0.3) is 0 Å². The average molecular weight is 519 g/mol. The maximum atomic E-state index is 12.6. The van der Waals surface area contributed by atoms with Gasteiger partial charge in [-0.1, -0.05) is 19.3 Å². The number of aliphatic imine (C=N–C) groups is 1. The lowest BCUT2D eigenvalue weighted by Gasteiger charge is -2.25. The van der Waals surface area contributed by atoms with Gasteiger partial charge in [-0.2, -0.15) is 13.2 Å². The smallest absolute Gasteiger partial charge is 0.354 e. The number of carbonyl (C=O) groups excluding carboxylic acids is 1. The topological polar surface area (TPSA) is 69.6 Å². The number of alkyl halides is 3. The molecule has 27 heavy (non-hydrogen) atoms. The van der Waals surface area contributed by atoms with Crippen LogP contribution in [-0.4, -0.2) is 48.4 Å². The van der Waals surface area contributed by atoms with Crippen LogP contribution in [-0.2, 0) is 17.5 Å². The molecule has 1 aromatic rings. The summed E-state index contributed by atoms with van der Waals surface area (Å²) in [6, 6.07) is 0.256. The van der Waals surface area contributed by atoms with Crippen molar-refractivity contribution >= 4 is 47.2 Å². The largest absolute Gasteiger partial charge is 0.434 e. The molecule has 1 saturated carbocycles. The van der Waals surface area contributed by atoms with Crippen LogP contribution in [0.5, 0.6) is 0 Å². The maximum absolute atomic E-state index is 12.6. The van der Waals surface area contributed by atoms with E-state index in [0.29, 0.717) is 11.0 Å². The Balaban J connectivity index is 0.00000364. The third kappa shape index (κ3) is 8.20. The van der Waals surface area contributed by atoms with Gasteiger partial charge in [0.2, 0.25) is 5.91 Å². The fourth-order valence-electron chi connectivity index (χ4n) is 2.56. The Morgan fingerprint density at radius 3 is 2.56 bits per heavy atom. The highest BCUT2D eigenvalue weighted by Crippen LogP contribution is 2.29. The molecule has 0 atom stereocenters. The van der Waals surface area contributed by atoms with E-state index in [9.17, 15) is 18.0 Å². The molecule has 11 heteroatoms. The lowest BCUT2D eigenvalue weighted by atomic mass is 9.96. The molecule has 0 bridgehead atoms. The number of amides is 1. The Bertz CT molecular complexity index is 630. The number of aromatic nitrogens is 1. The van der Waals surface area contributed by atoms with Gasteiger partial charge in [0.1, 0.15) is 11.6 Å². The second-order valence-electron chi connectivity index (χ2n) is 6.41. The Kier molecular flexibility index (Phi) is 9.77. The molecule has 0 saturated heterocycles. The van der Waals surface area contributed by atoms with Gasteiger partial charge in [-0.05, 0) is 12.8 Å². The highest BCUT2D eigenvalue weighted by Gasteiger charge is 2.33. The van der Waals surface area contributed by atoms with E-state index in [4.69, 9.17) is 0 Å². The van der Waals surface area contributed by atoms with Crippen LogP contribution in [0.15, 0.2) is 10.4 Å². The molecule has 0 aromatic carbocycles. The summed E-state index contributed by atoms with van der Waals surface area (Å²) in [6.07, 6.45) is 1.04. The summed E-state index contributed by atoms with van der Waals surface area (Å²) >= 11 is 0.942. The van der Waals surface area contributed by atoms with Crippen LogP contribution in [0, 0.1) is 0 Å². The summed E-state index contributed by atoms with van der Waals surface area (Å²) in [5, 5.41) is 7.58. The third-order valence-electron chi connectivity index (χ3n) is 4.07. The second-order valence-corrected chi connectivity index (χ2v) is 7.35. The summed E-state index contributed by atoms with van der Waals surface area (Å²) in [7, 11) is 3.29. The van der Waals surface area contributed by atoms with E-state index < -0.39 is 11.9 Å². The Hall–Kier alpha value is -1.11. The highest BCUT2D eigenvalue weighted by atomic mass is 127. The molecule has 1 aromatic heterocycles. The molecular formula is C16H25F3IN5OS. The van der Waals surface area contributed by atoms with E-state index >= 15 is 0 Å². The zero-order chi connectivity index (χ0) is 19.2. The van der Waals surface area contributed by atoms with E-state index in [0.717, 1.165) is 42.4 Å². The predicted molar refractivity (Wildman–Crippen MR) is 110 cm³/mol. The number of halogens is 4. The van der Waals surface area contributed by atoms with Crippen molar-refractivity contribution in [2.75, 3.05) is 20.6 Å². The first kappa shape index (κ1) is 23.9. The zero-order valence-corrected chi connectivity index (χ0v) is 18.5. The minimum atomic E-state index is -4.44. The van der Waals surface area contributed by atoms with E-state index in [-0.39, 0.29) is 49.0 Å². The summed E-state index contributed by atoms with van der Waals surface area (Å²) in [5.41, 5.74) is -0.888. The number of rotatable bonds is 5. The SMILES string of the molecule is CN(C)C(=O)CN=C(NCc1nc(C(F)(F)F)cs1)NC1CCCCC1.I. The maximum Gasteiger partial charge on any atom is 0.434 e. The van der Waals surface area contributed by atoms with Crippen LogP contribution in [0.3, 0.4) is 0 Å². The quantitative estimate of drug-likeness (QED) is 0.356. The molecule has 0 aliphatic heterocycles. The number of thiazole rings is 1. The number of hydrogen-bond donors (Lipinski definition) is 2. The number of nitrogens with one attached hydrogen (secondary N) is 2. The highest BCUT2D eigenvalue weighted by molar-refractivity contribution is 14.0. The number of guanidine groups is 1. The van der Waals surface area contributed by atoms with E-state index in [2.05, 4.69) is 20.6 Å². The van der Waals surface area contributed by atoms with Crippen molar-refractivity contribution in [3.63, 3.8) is 0 Å². The van der Waals surface area contributed by atoms with Crippen molar-refractivity contribution in [3.8, 4) is 0 Å². The minimum absolute atomic E-state index is 0. The lowest BCUT2D eigenvalue weighted by molar-refractivity contribution is -0.140. The van der Waals surface area contributed by atoms with Crippen molar-refractivity contribution in [2.45, 2.75) is 50.9 Å². The fourth-order valence-corrected chi connectivity index (χ4v) is 3.30. The molecule has 2 N–H and O–H groups in total. The van der Waals surface area contributed by atoms with Gasteiger partial charge in [-0.3, -0.25) is 4.79 Å². The molecule has 154 valence electrons. The molecule has 0 spiro atoms. The first-order chi connectivity index (χ1) is 12.3. The van der Waals surface area contributed by atoms with Crippen molar-refractivity contribution in [1.82, 2.24) is 20.5 Å². The normalized spacial score (nSPS) is 15.8. The first-order valence-corrected chi connectivity index (χ1v) is 9.40. The van der Waals surface area contributed by atoms with E-state index in [1.54, 1.807) is 14.1 Å². The second kappa shape index (κ2) is 11.0. The predicted octanol–water partition coefficient (Wildman–Crippen LogP) is 3.24. The van der Waals surface area contributed by atoms with Crippen molar-refractivity contribution in [3.05, 3.63) is 16.1 Å². The molecule has 1 aliphatic rings. The van der Waals surface area contributed by atoms with Crippen molar-refractivity contribution in [1.29, 1.82) is 0 Å². The Morgan fingerprint density at radius 2 is 2.00 bits per heavy atom. The molecule has 1 amide bonds. The summed E-state index contributed by atoms with van der Waals surface area (Å²) in [4.78, 5) is 21.1. The molecule has 1 aliphatic carbocycles. The Labute approximate surface area is 178 Å². The number of hydrogen-bond acceptors (Lipinski definition) is 4. The fraction of sp³-hybridized carbons (Fsp3) is 0.688. The average Bonchev–Trinajstić information content (AvgIpc) is 3.07.